The SMILES string of the molecule is CC(C)(O)C(C)(C)OB(O)c1ccc2c(c1)NC(=O)C2. The fourth-order valence-corrected chi connectivity index (χ4v) is 1.88. The monoisotopic (exact) mass is 277 g/mol. The van der Waals surface area contributed by atoms with Gasteiger partial charge in [0.05, 0.1) is 17.6 Å². The molecule has 1 aliphatic heterocycles. The van der Waals surface area contributed by atoms with Gasteiger partial charge in [0.15, 0.2) is 0 Å². The molecule has 3 N–H and O–H groups in total. The van der Waals surface area contributed by atoms with E-state index in [-0.39, 0.29) is 5.91 Å². The molecule has 1 aromatic carbocycles. The largest absolute Gasteiger partial charge is 0.491 e. The number of carbonyl (C=O) groups excluding carboxylic acids is 1. The van der Waals surface area contributed by atoms with Gasteiger partial charge in [0.1, 0.15) is 0 Å². The highest BCUT2D eigenvalue weighted by Crippen LogP contribution is 2.26. The molecule has 0 atom stereocenters. The molecule has 1 aliphatic rings. The lowest BCUT2D eigenvalue weighted by atomic mass is 9.76. The Hall–Kier alpha value is -1.37. The van der Waals surface area contributed by atoms with E-state index < -0.39 is 18.3 Å². The molecule has 0 aliphatic carbocycles. The fraction of sp³-hybridized carbons (Fsp3) is 0.500. The van der Waals surface area contributed by atoms with Gasteiger partial charge in [-0.05, 0) is 44.8 Å². The lowest BCUT2D eigenvalue weighted by Gasteiger charge is -2.38. The number of anilines is 1. The van der Waals surface area contributed by atoms with Crippen molar-refractivity contribution in [2.75, 3.05) is 5.32 Å². The molecule has 1 amide bonds. The summed E-state index contributed by atoms with van der Waals surface area (Å²) >= 11 is 0. The Morgan fingerprint density at radius 1 is 1.30 bits per heavy atom. The standard InChI is InChI=1S/C14H20BNO4/c1-13(2,18)14(3,4)20-15(19)10-6-5-9-7-12(17)16-11(9)8-10/h5-6,8,18-19H,7H2,1-4H3,(H,16,17). The van der Waals surface area contributed by atoms with Crippen molar-refractivity contribution in [1.29, 1.82) is 0 Å². The topological polar surface area (TPSA) is 78.8 Å². The smallest absolute Gasteiger partial charge is 0.423 e. The Kier molecular flexibility index (Phi) is 3.66. The Bertz CT molecular complexity index is 536. The van der Waals surface area contributed by atoms with Gasteiger partial charge in [0.25, 0.3) is 0 Å². The maximum Gasteiger partial charge on any atom is 0.491 e. The van der Waals surface area contributed by atoms with Crippen molar-refractivity contribution < 1.29 is 19.6 Å². The van der Waals surface area contributed by atoms with E-state index >= 15 is 0 Å². The van der Waals surface area contributed by atoms with Crippen LogP contribution in [0.25, 0.3) is 0 Å². The summed E-state index contributed by atoms with van der Waals surface area (Å²) in [4.78, 5) is 11.3. The molecule has 2 rings (SSSR count). The van der Waals surface area contributed by atoms with Crippen LogP contribution in [-0.2, 0) is 15.9 Å². The van der Waals surface area contributed by atoms with Gasteiger partial charge in [-0.1, -0.05) is 12.1 Å². The third-order valence-corrected chi connectivity index (χ3v) is 3.92. The zero-order chi connectivity index (χ0) is 15.1. The molecule has 108 valence electrons. The summed E-state index contributed by atoms with van der Waals surface area (Å²) in [5.74, 6) is -0.0515. The number of aliphatic hydroxyl groups is 1. The molecule has 6 heteroatoms. The van der Waals surface area contributed by atoms with Crippen molar-refractivity contribution in [2.24, 2.45) is 0 Å². The summed E-state index contributed by atoms with van der Waals surface area (Å²) in [5, 5.41) is 22.9. The van der Waals surface area contributed by atoms with Crippen LogP contribution in [0.4, 0.5) is 5.69 Å². The van der Waals surface area contributed by atoms with Crippen LogP contribution >= 0.6 is 0 Å². The van der Waals surface area contributed by atoms with Crippen LogP contribution in [0.3, 0.4) is 0 Å². The number of carbonyl (C=O) groups is 1. The van der Waals surface area contributed by atoms with Crippen molar-refractivity contribution in [3.63, 3.8) is 0 Å². The van der Waals surface area contributed by atoms with E-state index in [4.69, 9.17) is 4.65 Å². The van der Waals surface area contributed by atoms with Gasteiger partial charge in [-0.25, -0.2) is 0 Å². The van der Waals surface area contributed by atoms with Gasteiger partial charge in [-0.3, -0.25) is 4.79 Å². The van der Waals surface area contributed by atoms with Crippen molar-refractivity contribution in [1.82, 2.24) is 0 Å². The summed E-state index contributed by atoms with van der Waals surface area (Å²) in [6, 6.07) is 5.22. The molecule has 0 unspecified atom stereocenters. The van der Waals surface area contributed by atoms with E-state index in [1.807, 2.05) is 0 Å². The number of rotatable bonds is 4. The second kappa shape index (κ2) is 4.88. The predicted molar refractivity (Wildman–Crippen MR) is 77.8 cm³/mol. The highest BCUT2D eigenvalue weighted by atomic mass is 16.5. The van der Waals surface area contributed by atoms with E-state index in [0.29, 0.717) is 17.6 Å². The van der Waals surface area contributed by atoms with E-state index in [2.05, 4.69) is 5.32 Å². The highest BCUT2D eigenvalue weighted by Gasteiger charge is 2.39. The maximum atomic E-state index is 11.3. The molecule has 1 aromatic rings. The van der Waals surface area contributed by atoms with Crippen LogP contribution in [0.5, 0.6) is 0 Å². The molecule has 1 heterocycles. The minimum atomic E-state index is -1.17. The van der Waals surface area contributed by atoms with Crippen LogP contribution in [0.15, 0.2) is 18.2 Å². The third-order valence-electron chi connectivity index (χ3n) is 3.92. The lowest BCUT2D eigenvalue weighted by molar-refractivity contribution is -0.115. The average molecular weight is 277 g/mol. The van der Waals surface area contributed by atoms with Crippen LogP contribution in [0, 0.1) is 0 Å². The van der Waals surface area contributed by atoms with E-state index in [1.54, 1.807) is 45.9 Å². The third kappa shape index (κ3) is 2.87. The zero-order valence-electron chi connectivity index (χ0n) is 12.2. The summed E-state index contributed by atoms with van der Waals surface area (Å²) < 4.78 is 5.57. The quantitative estimate of drug-likeness (QED) is 0.698. The van der Waals surface area contributed by atoms with Crippen LogP contribution in [0.2, 0.25) is 0 Å². The number of fused-ring (bicyclic) bond motifs is 1. The number of amides is 1. The summed E-state index contributed by atoms with van der Waals surface area (Å²) in [7, 11) is -1.17. The Labute approximate surface area is 119 Å². The van der Waals surface area contributed by atoms with Crippen molar-refractivity contribution in [3.05, 3.63) is 23.8 Å². The molecule has 0 radical (unpaired) electrons. The second-order valence-corrected chi connectivity index (χ2v) is 6.18. The van der Waals surface area contributed by atoms with E-state index in [9.17, 15) is 14.9 Å². The molecule has 0 saturated heterocycles. The first-order chi connectivity index (χ1) is 9.10. The van der Waals surface area contributed by atoms with Crippen LogP contribution in [-0.4, -0.2) is 34.4 Å². The molecular weight excluding hydrogens is 257 g/mol. The van der Waals surface area contributed by atoms with E-state index in [0.717, 1.165) is 5.56 Å². The van der Waals surface area contributed by atoms with Crippen molar-refractivity contribution in [3.8, 4) is 0 Å². The number of hydrogen-bond donors (Lipinski definition) is 3. The molecule has 0 saturated carbocycles. The first-order valence-corrected chi connectivity index (χ1v) is 6.61. The molecule has 0 spiro atoms. The minimum absolute atomic E-state index is 0.0515. The van der Waals surface area contributed by atoms with Gasteiger partial charge in [-0.15, -0.1) is 0 Å². The molecular formula is C14H20BNO4. The average Bonchev–Trinajstić information content (AvgIpc) is 2.65. The Morgan fingerprint density at radius 3 is 2.55 bits per heavy atom. The summed E-state index contributed by atoms with van der Waals surface area (Å²) in [5.41, 5.74) is 0.139. The van der Waals surface area contributed by atoms with Crippen molar-refractivity contribution in [2.45, 2.75) is 45.3 Å². The Balaban J connectivity index is 2.17. The number of hydrogen-bond acceptors (Lipinski definition) is 4. The van der Waals surface area contributed by atoms with Crippen LogP contribution < -0.4 is 10.8 Å². The molecule has 20 heavy (non-hydrogen) atoms. The van der Waals surface area contributed by atoms with Crippen molar-refractivity contribution >= 4 is 24.2 Å². The normalized spacial score (nSPS) is 15.0. The molecule has 0 bridgehead atoms. The Morgan fingerprint density at radius 2 is 1.95 bits per heavy atom. The molecule has 5 nitrogen and oxygen atoms in total. The second-order valence-electron chi connectivity index (χ2n) is 6.18. The van der Waals surface area contributed by atoms with Gasteiger partial charge in [0, 0.05) is 5.69 Å². The first-order valence-electron chi connectivity index (χ1n) is 6.61. The molecule has 0 aromatic heterocycles. The lowest BCUT2D eigenvalue weighted by Crippen LogP contribution is -2.53. The summed E-state index contributed by atoms with van der Waals surface area (Å²) in [6.45, 7) is 6.68. The van der Waals surface area contributed by atoms with Gasteiger partial charge in [0.2, 0.25) is 5.91 Å². The van der Waals surface area contributed by atoms with Gasteiger partial charge < -0.3 is 20.1 Å². The van der Waals surface area contributed by atoms with Gasteiger partial charge in [-0.2, -0.15) is 0 Å². The number of benzene rings is 1. The van der Waals surface area contributed by atoms with Crippen LogP contribution in [0.1, 0.15) is 33.3 Å². The maximum absolute atomic E-state index is 11.3. The first kappa shape index (κ1) is 15.0. The summed E-state index contributed by atoms with van der Waals surface area (Å²) in [6.07, 6.45) is 0.363. The molecule has 0 fully saturated rings. The predicted octanol–water partition coefficient (Wildman–Crippen LogP) is 0.435. The van der Waals surface area contributed by atoms with Gasteiger partial charge >= 0.3 is 7.12 Å². The van der Waals surface area contributed by atoms with E-state index in [1.165, 1.54) is 0 Å². The highest BCUT2D eigenvalue weighted by molar-refractivity contribution is 6.60. The zero-order valence-corrected chi connectivity index (χ0v) is 12.2. The minimum Gasteiger partial charge on any atom is -0.423 e. The number of nitrogens with one attached hydrogen (secondary N) is 1. The fourth-order valence-electron chi connectivity index (χ4n) is 1.88.